The molecule has 0 amide bonds. The van der Waals surface area contributed by atoms with E-state index >= 15 is 0 Å². The van der Waals surface area contributed by atoms with E-state index in [9.17, 15) is 15.2 Å². The van der Waals surface area contributed by atoms with Crippen LogP contribution in [0.4, 0.5) is 5.69 Å². The molecule has 1 saturated carbocycles. The van der Waals surface area contributed by atoms with Crippen LogP contribution in [0.3, 0.4) is 0 Å². The molecule has 1 fully saturated rings. The Morgan fingerprint density at radius 2 is 2.06 bits per heavy atom. The molecule has 4 nitrogen and oxygen atoms in total. The van der Waals surface area contributed by atoms with Crippen molar-refractivity contribution in [2.45, 2.75) is 48.9 Å². The highest BCUT2D eigenvalue weighted by molar-refractivity contribution is 8.00. The van der Waals surface area contributed by atoms with Crippen LogP contribution in [0.5, 0.6) is 0 Å². The van der Waals surface area contributed by atoms with Gasteiger partial charge in [-0.25, -0.2) is 0 Å². The van der Waals surface area contributed by atoms with Crippen LogP contribution in [0.25, 0.3) is 0 Å². The number of nitro groups is 1. The second kappa shape index (κ2) is 6.20. The van der Waals surface area contributed by atoms with Gasteiger partial charge in [0.2, 0.25) is 0 Å². The molecule has 2 rings (SSSR count). The lowest BCUT2D eigenvalue weighted by Gasteiger charge is -2.21. The van der Waals surface area contributed by atoms with Crippen molar-refractivity contribution in [2.75, 3.05) is 0 Å². The molecule has 1 N–H and O–H groups in total. The number of aliphatic hydroxyl groups excluding tert-OH is 1. The fraction of sp³-hybridized carbons (Fsp3) is 0.538. The van der Waals surface area contributed by atoms with Crippen molar-refractivity contribution in [1.29, 1.82) is 0 Å². The molecule has 0 atom stereocenters. The standard InChI is InChI=1S/C13H17NO3S/c15-9-10-8-11(14(16)17)6-7-13(10)18-12-4-2-1-3-5-12/h6-8,12,15H,1-5,9H2. The zero-order valence-electron chi connectivity index (χ0n) is 10.2. The summed E-state index contributed by atoms with van der Waals surface area (Å²) in [7, 11) is 0. The lowest BCUT2D eigenvalue weighted by atomic mass is 10.0. The first-order valence-corrected chi connectivity index (χ1v) is 7.13. The monoisotopic (exact) mass is 267 g/mol. The van der Waals surface area contributed by atoms with E-state index in [0.29, 0.717) is 10.8 Å². The summed E-state index contributed by atoms with van der Waals surface area (Å²) in [6.07, 6.45) is 6.24. The summed E-state index contributed by atoms with van der Waals surface area (Å²) in [5.74, 6) is 0. The molecule has 0 unspecified atom stereocenters. The van der Waals surface area contributed by atoms with Crippen molar-refractivity contribution in [3.05, 3.63) is 33.9 Å². The van der Waals surface area contributed by atoms with Crippen molar-refractivity contribution >= 4 is 17.4 Å². The molecule has 0 radical (unpaired) electrons. The lowest BCUT2D eigenvalue weighted by Crippen LogP contribution is -2.08. The zero-order valence-corrected chi connectivity index (χ0v) is 11.0. The number of nitrogens with zero attached hydrogens (tertiary/aromatic N) is 1. The average Bonchev–Trinajstić information content (AvgIpc) is 2.40. The van der Waals surface area contributed by atoms with Crippen LogP contribution in [0.1, 0.15) is 37.7 Å². The van der Waals surface area contributed by atoms with Crippen molar-refractivity contribution in [2.24, 2.45) is 0 Å². The predicted molar refractivity (Wildman–Crippen MR) is 71.7 cm³/mol. The Kier molecular flexibility index (Phi) is 4.60. The van der Waals surface area contributed by atoms with E-state index in [1.54, 1.807) is 17.8 Å². The van der Waals surface area contributed by atoms with E-state index in [4.69, 9.17) is 0 Å². The zero-order chi connectivity index (χ0) is 13.0. The normalized spacial score (nSPS) is 16.7. The van der Waals surface area contributed by atoms with Crippen LogP contribution in [0.2, 0.25) is 0 Å². The van der Waals surface area contributed by atoms with Gasteiger partial charge in [-0.2, -0.15) is 0 Å². The summed E-state index contributed by atoms with van der Waals surface area (Å²) in [4.78, 5) is 11.2. The molecule has 5 heteroatoms. The molecule has 0 aliphatic heterocycles. The number of rotatable bonds is 4. The third kappa shape index (κ3) is 3.23. The smallest absolute Gasteiger partial charge is 0.269 e. The largest absolute Gasteiger partial charge is 0.392 e. The highest BCUT2D eigenvalue weighted by atomic mass is 32.2. The number of thioether (sulfide) groups is 1. The van der Waals surface area contributed by atoms with Crippen LogP contribution < -0.4 is 0 Å². The Bertz CT molecular complexity index is 430. The number of hydrogen-bond donors (Lipinski definition) is 1. The summed E-state index contributed by atoms with van der Waals surface area (Å²) in [6.45, 7) is -0.142. The number of non-ortho nitro benzene ring substituents is 1. The van der Waals surface area contributed by atoms with Gasteiger partial charge in [0.15, 0.2) is 0 Å². The number of benzene rings is 1. The van der Waals surface area contributed by atoms with Gasteiger partial charge in [-0.1, -0.05) is 19.3 Å². The van der Waals surface area contributed by atoms with Crippen LogP contribution in [-0.4, -0.2) is 15.3 Å². The fourth-order valence-corrected chi connectivity index (χ4v) is 3.63. The third-order valence-corrected chi connectivity index (χ3v) is 4.73. The van der Waals surface area contributed by atoms with Crippen LogP contribution in [0, 0.1) is 10.1 Å². The summed E-state index contributed by atoms with van der Waals surface area (Å²) < 4.78 is 0. The fourth-order valence-electron chi connectivity index (χ4n) is 2.28. The Labute approximate surface area is 111 Å². The molecule has 0 aromatic heterocycles. The molecule has 0 spiro atoms. The van der Waals surface area contributed by atoms with Gasteiger partial charge in [-0.15, -0.1) is 11.8 Å². The molecule has 0 saturated heterocycles. The molecule has 1 aliphatic carbocycles. The number of hydrogen-bond acceptors (Lipinski definition) is 4. The quantitative estimate of drug-likeness (QED) is 0.669. The van der Waals surface area contributed by atoms with Crippen molar-refractivity contribution in [3.63, 3.8) is 0 Å². The summed E-state index contributed by atoms with van der Waals surface area (Å²) in [5.41, 5.74) is 0.715. The third-order valence-electron chi connectivity index (χ3n) is 3.27. The molecule has 0 heterocycles. The van der Waals surface area contributed by atoms with Crippen LogP contribution in [-0.2, 0) is 6.61 Å². The first kappa shape index (κ1) is 13.4. The molecule has 0 bridgehead atoms. The molecule has 1 aromatic rings. The second-order valence-electron chi connectivity index (χ2n) is 4.59. The van der Waals surface area contributed by atoms with Crippen molar-refractivity contribution in [1.82, 2.24) is 0 Å². The maximum atomic E-state index is 10.7. The summed E-state index contributed by atoms with van der Waals surface area (Å²) >= 11 is 1.75. The lowest BCUT2D eigenvalue weighted by molar-refractivity contribution is -0.385. The van der Waals surface area contributed by atoms with E-state index in [0.717, 1.165) is 4.90 Å². The first-order valence-electron chi connectivity index (χ1n) is 6.25. The highest BCUT2D eigenvalue weighted by Gasteiger charge is 2.17. The Morgan fingerprint density at radius 3 is 2.67 bits per heavy atom. The Morgan fingerprint density at radius 1 is 1.33 bits per heavy atom. The van der Waals surface area contributed by atoms with Gasteiger partial charge in [0.1, 0.15) is 0 Å². The molecular formula is C13H17NO3S. The van der Waals surface area contributed by atoms with Gasteiger partial charge in [0.05, 0.1) is 11.5 Å². The van der Waals surface area contributed by atoms with E-state index in [1.165, 1.54) is 44.2 Å². The number of aliphatic hydroxyl groups is 1. The highest BCUT2D eigenvalue weighted by Crippen LogP contribution is 2.36. The van der Waals surface area contributed by atoms with E-state index in [2.05, 4.69) is 0 Å². The van der Waals surface area contributed by atoms with Crippen LogP contribution >= 0.6 is 11.8 Å². The van der Waals surface area contributed by atoms with Gasteiger partial charge >= 0.3 is 0 Å². The summed E-state index contributed by atoms with van der Waals surface area (Å²) in [5, 5.41) is 20.6. The molecular weight excluding hydrogens is 250 g/mol. The van der Waals surface area contributed by atoms with E-state index in [-0.39, 0.29) is 12.3 Å². The maximum absolute atomic E-state index is 10.7. The van der Waals surface area contributed by atoms with Crippen LogP contribution in [0.15, 0.2) is 23.1 Å². The Balaban J connectivity index is 2.13. The molecule has 1 aromatic carbocycles. The average molecular weight is 267 g/mol. The van der Waals surface area contributed by atoms with Gasteiger partial charge in [-0.3, -0.25) is 10.1 Å². The molecule has 18 heavy (non-hydrogen) atoms. The van der Waals surface area contributed by atoms with Crippen molar-refractivity contribution in [3.8, 4) is 0 Å². The van der Waals surface area contributed by atoms with Gasteiger partial charge < -0.3 is 5.11 Å². The van der Waals surface area contributed by atoms with E-state index < -0.39 is 4.92 Å². The van der Waals surface area contributed by atoms with Crippen molar-refractivity contribution < 1.29 is 10.0 Å². The van der Waals surface area contributed by atoms with E-state index in [1.807, 2.05) is 0 Å². The molecule has 98 valence electrons. The second-order valence-corrected chi connectivity index (χ2v) is 5.93. The minimum atomic E-state index is -0.422. The number of nitro benzene ring substituents is 1. The van der Waals surface area contributed by atoms with Gasteiger partial charge in [-0.05, 0) is 24.5 Å². The first-order chi connectivity index (χ1) is 8.70. The SMILES string of the molecule is O=[N+]([O-])c1ccc(SC2CCCCC2)c(CO)c1. The summed E-state index contributed by atoms with van der Waals surface area (Å²) in [6, 6.07) is 4.76. The topological polar surface area (TPSA) is 63.4 Å². The Hall–Kier alpha value is -1.07. The van der Waals surface area contributed by atoms with Gasteiger partial charge in [0, 0.05) is 22.3 Å². The molecule has 1 aliphatic rings. The minimum Gasteiger partial charge on any atom is -0.392 e. The predicted octanol–water partition coefficient (Wildman–Crippen LogP) is 3.51. The minimum absolute atomic E-state index is 0.0482. The maximum Gasteiger partial charge on any atom is 0.269 e. The van der Waals surface area contributed by atoms with Gasteiger partial charge in [0.25, 0.3) is 5.69 Å².